The van der Waals surface area contributed by atoms with Crippen LogP contribution in [0.1, 0.15) is 45.2 Å². The summed E-state index contributed by atoms with van der Waals surface area (Å²) in [7, 11) is 0. The Morgan fingerprint density at radius 2 is 1.67 bits per heavy atom. The van der Waals surface area contributed by atoms with Crippen LogP contribution in [0.25, 0.3) is 0 Å². The Hall–Kier alpha value is -1.35. The second-order valence-corrected chi connectivity index (χ2v) is 5.98. The van der Waals surface area contributed by atoms with E-state index in [1.165, 1.54) is 11.1 Å². The van der Waals surface area contributed by atoms with Gasteiger partial charge in [0.05, 0.1) is 6.67 Å². The third-order valence-corrected chi connectivity index (χ3v) is 3.70. The summed E-state index contributed by atoms with van der Waals surface area (Å²) in [5.74, 6) is 0.815. The molecule has 0 aliphatic heterocycles. The Morgan fingerprint density at radius 1 is 1.10 bits per heavy atom. The van der Waals surface area contributed by atoms with Crippen molar-refractivity contribution in [2.24, 2.45) is 5.92 Å². The molecule has 0 fully saturated rings. The minimum Gasteiger partial charge on any atom is -0.343 e. The standard InChI is InChI=1S/C18H30N2O/c1-5-20(6-2)14-19-18(21)12-11-16-7-9-17(10-8-16)13-15(3)4/h7-10,15H,5-6,11-14H2,1-4H3,(H,19,21). The molecule has 1 rings (SSSR count). The summed E-state index contributed by atoms with van der Waals surface area (Å²) < 4.78 is 0. The van der Waals surface area contributed by atoms with E-state index in [4.69, 9.17) is 0 Å². The zero-order valence-electron chi connectivity index (χ0n) is 14.0. The number of rotatable bonds is 9. The molecule has 1 N–H and O–H groups in total. The lowest BCUT2D eigenvalue weighted by Crippen LogP contribution is -2.37. The number of benzene rings is 1. The van der Waals surface area contributed by atoms with E-state index in [-0.39, 0.29) is 5.91 Å². The summed E-state index contributed by atoms with van der Waals surface area (Å²) in [5, 5.41) is 2.98. The average Bonchev–Trinajstić information content (AvgIpc) is 2.47. The van der Waals surface area contributed by atoms with Gasteiger partial charge in [-0.15, -0.1) is 0 Å². The maximum atomic E-state index is 11.8. The van der Waals surface area contributed by atoms with Gasteiger partial charge in [-0.25, -0.2) is 0 Å². The molecule has 0 atom stereocenters. The number of nitrogens with zero attached hydrogens (tertiary/aromatic N) is 1. The first-order valence-electron chi connectivity index (χ1n) is 8.12. The van der Waals surface area contributed by atoms with Crippen molar-refractivity contribution in [3.63, 3.8) is 0 Å². The smallest absolute Gasteiger partial charge is 0.221 e. The lowest BCUT2D eigenvalue weighted by Gasteiger charge is -2.18. The van der Waals surface area contributed by atoms with Gasteiger partial charge >= 0.3 is 0 Å². The van der Waals surface area contributed by atoms with Crippen LogP contribution in [0.3, 0.4) is 0 Å². The van der Waals surface area contributed by atoms with Crippen LogP contribution in [0.4, 0.5) is 0 Å². The number of amides is 1. The van der Waals surface area contributed by atoms with Crippen molar-refractivity contribution in [3.8, 4) is 0 Å². The molecule has 0 heterocycles. The molecular formula is C18H30N2O. The maximum absolute atomic E-state index is 11.8. The van der Waals surface area contributed by atoms with Gasteiger partial charge in [0, 0.05) is 6.42 Å². The SMILES string of the molecule is CCN(CC)CNC(=O)CCc1ccc(CC(C)C)cc1. The first-order chi connectivity index (χ1) is 10.0. The molecule has 0 saturated carbocycles. The van der Waals surface area contributed by atoms with Crippen molar-refractivity contribution in [3.05, 3.63) is 35.4 Å². The first-order valence-corrected chi connectivity index (χ1v) is 8.12. The van der Waals surface area contributed by atoms with E-state index in [0.29, 0.717) is 19.0 Å². The molecule has 0 bridgehead atoms. The van der Waals surface area contributed by atoms with Crippen molar-refractivity contribution in [2.45, 2.75) is 47.0 Å². The highest BCUT2D eigenvalue weighted by atomic mass is 16.1. The first kappa shape index (κ1) is 17.7. The molecule has 0 radical (unpaired) electrons. The van der Waals surface area contributed by atoms with Gasteiger partial charge in [0.2, 0.25) is 5.91 Å². The average molecular weight is 290 g/mol. The molecule has 0 spiro atoms. The molecule has 118 valence electrons. The second kappa shape index (κ2) is 9.56. The highest BCUT2D eigenvalue weighted by molar-refractivity contribution is 5.76. The van der Waals surface area contributed by atoms with Crippen LogP contribution in [-0.4, -0.2) is 30.6 Å². The molecule has 1 aromatic rings. The normalized spacial score (nSPS) is 11.1. The molecule has 1 amide bonds. The van der Waals surface area contributed by atoms with Crippen molar-refractivity contribution in [2.75, 3.05) is 19.8 Å². The van der Waals surface area contributed by atoms with Gasteiger partial charge in [0.25, 0.3) is 0 Å². The predicted molar refractivity (Wildman–Crippen MR) is 89.2 cm³/mol. The maximum Gasteiger partial charge on any atom is 0.221 e. The van der Waals surface area contributed by atoms with E-state index in [0.717, 1.165) is 25.9 Å². The number of aryl methyl sites for hydroxylation is 1. The fourth-order valence-electron chi connectivity index (χ4n) is 2.31. The summed E-state index contributed by atoms with van der Waals surface area (Å²) in [6, 6.07) is 8.66. The van der Waals surface area contributed by atoms with Crippen LogP contribution < -0.4 is 5.32 Å². The van der Waals surface area contributed by atoms with E-state index in [1.54, 1.807) is 0 Å². The summed E-state index contributed by atoms with van der Waals surface area (Å²) >= 11 is 0. The van der Waals surface area contributed by atoms with Gasteiger partial charge < -0.3 is 5.32 Å². The summed E-state index contributed by atoms with van der Waals surface area (Å²) in [5.41, 5.74) is 2.61. The number of hydrogen-bond donors (Lipinski definition) is 1. The third kappa shape index (κ3) is 7.28. The largest absolute Gasteiger partial charge is 0.343 e. The topological polar surface area (TPSA) is 32.3 Å². The highest BCUT2D eigenvalue weighted by Gasteiger charge is 2.05. The fourth-order valence-corrected chi connectivity index (χ4v) is 2.31. The third-order valence-electron chi connectivity index (χ3n) is 3.70. The van der Waals surface area contributed by atoms with Gasteiger partial charge in [0.15, 0.2) is 0 Å². The molecular weight excluding hydrogens is 260 g/mol. The van der Waals surface area contributed by atoms with Gasteiger partial charge in [-0.05, 0) is 43.0 Å². The van der Waals surface area contributed by atoms with E-state index in [1.807, 2.05) is 0 Å². The predicted octanol–water partition coefficient (Wildman–Crippen LogP) is 3.23. The molecule has 0 aliphatic rings. The van der Waals surface area contributed by atoms with Crippen LogP contribution in [0.2, 0.25) is 0 Å². The molecule has 3 nitrogen and oxygen atoms in total. The quantitative estimate of drug-likeness (QED) is 0.708. The Kier molecular flexibility index (Phi) is 8.06. The number of carbonyl (C=O) groups is 1. The zero-order valence-corrected chi connectivity index (χ0v) is 14.0. The van der Waals surface area contributed by atoms with E-state index < -0.39 is 0 Å². The Balaban J connectivity index is 2.32. The van der Waals surface area contributed by atoms with Crippen LogP contribution in [0.5, 0.6) is 0 Å². The van der Waals surface area contributed by atoms with E-state index in [2.05, 4.69) is 62.2 Å². The zero-order chi connectivity index (χ0) is 15.7. The monoisotopic (exact) mass is 290 g/mol. The van der Waals surface area contributed by atoms with E-state index in [9.17, 15) is 4.79 Å². The highest BCUT2D eigenvalue weighted by Crippen LogP contribution is 2.11. The van der Waals surface area contributed by atoms with Crippen LogP contribution in [-0.2, 0) is 17.6 Å². The van der Waals surface area contributed by atoms with E-state index >= 15 is 0 Å². The summed E-state index contributed by atoms with van der Waals surface area (Å²) in [6.07, 6.45) is 2.49. The Bertz CT molecular complexity index is 408. The van der Waals surface area contributed by atoms with Crippen molar-refractivity contribution in [1.29, 1.82) is 0 Å². The molecule has 0 unspecified atom stereocenters. The van der Waals surface area contributed by atoms with Gasteiger partial charge in [-0.2, -0.15) is 0 Å². The number of carbonyl (C=O) groups excluding carboxylic acids is 1. The van der Waals surface area contributed by atoms with Gasteiger partial charge in [0.1, 0.15) is 0 Å². The molecule has 3 heteroatoms. The lowest BCUT2D eigenvalue weighted by molar-refractivity contribution is -0.121. The van der Waals surface area contributed by atoms with Crippen LogP contribution in [0, 0.1) is 5.92 Å². The summed E-state index contributed by atoms with van der Waals surface area (Å²) in [4.78, 5) is 14.0. The van der Waals surface area contributed by atoms with Crippen molar-refractivity contribution in [1.82, 2.24) is 10.2 Å². The molecule has 0 aliphatic carbocycles. The minimum absolute atomic E-state index is 0.133. The molecule has 0 saturated heterocycles. The Labute approximate surface area is 129 Å². The molecule has 21 heavy (non-hydrogen) atoms. The van der Waals surface area contributed by atoms with Crippen molar-refractivity contribution < 1.29 is 4.79 Å². The Morgan fingerprint density at radius 3 is 2.19 bits per heavy atom. The minimum atomic E-state index is 0.133. The van der Waals surface area contributed by atoms with Gasteiger partial charge in [-0.1, -0.05) is 52.0 Å². The van der Waals surface area contributed by atoms with Crippen LogP contribution >= 0.6 is 0 Å². The fraction of sp³-hybridized carbons (Fsp3) is 0.611. The second-order valence-electron chi connectivity index (χ2n) is 5.98. The van der Waals surface area contributed by atoms with Crippen molar-refractivity contribution >= 4 is 5.91 Å². The summed E-state index contributed by atoms with van der Waals surface area (Å²) in [6.45, 7) is 11.3. The number of hydrogen-bond acceptors (Lipinski definition) is 2. The molecule has 1 aromatic carbocycles. The van der Waals surface area contributed by atoms with Gasteiger partial charge in [-0.3, -0.25) is 9.69 Å². The number of nitrogens with one attached hydrogen (secondary N) is 1. The molecule has 0 aromatic heterocycles. The lowest BCUT2D eigenvalue weighted by atomic mass is 10.0. The van der Waals surface area contributed by atoms with Crippen LogP contribution in [0.15, 0.2) is 24.3 Å².